The van der Waals surface area contributed by atoms with Crippen molar-refractivity contribution in [2.75, 3.05) is 5.32 Å². The molecule has 2 heterocycles. The van der Waals surface area contributed by atoms with Crippen molar-refractivity contribution in [3.05, 3.63) is 82.7 Å². The molecule has 0 aliphatic carbocycles. The van der Waals surface area contributed by atoms with Crippen molar-refractivity contribution in [2.24, 2.45) is 0 Å². The third-order valence-electron chi connectivity index (χ3n) is 3.93. The van der Waals surface area contributed by atoms with Crippen LogP contribution in [0.5, 0.6) is 0 Å². The van der Waals surface area contributed by atoms with Crippen molar-refractivity contribution in [3.63, 3.8) is 0 Å². The van der Waals surface area contributed by atoms with Crippen molar-refractivity contribution in [1.82, 2.24) is 30.0 Å². The highest BCUT2D eigenvalue weighted by molar-refractivity contribution is 9.10. The van der Waals surface area contributed by atoms with Gasteiger partial charge in [-0.05, 0) is 46.3 Å². The van der Waals surface area contributed by atoms with Gasteiger partial charge >= 0.3 is 0 Å². The first kappa shape index (κ1) is 17.1. The van der Waals surface area contributed by atoms with Crippen LogP contribution >= 0.6 is 15.9 Å². The second-order valence-corrected chi connectivity index (χ2v) is 6.68. The van der Waals surface area contributed by atoms with Crippen molar-refractivity contribution in [3.8, 4) is 5.69 Å². The zero-order valence-electron chi connectivity index (χ0n) is 14.0. The van der Waals surface area contributed by atoms with Gasteiger partial charge in [-0.3, -0.25) is 4.79 Å². The number of benzene rings is 2. The van der Waals surface area contributed by atoms with E-state index in [0.29, 0.717) is 23.6 Å². The lowest BCUT2D eigenvalue weighted by Gasteiger charge is -2.10. The number of halogens is 1. The van der Waals surface area contributed by atoms with Gasteiger partial charge in [-0.1, -0.05) is 34.1 Å². The first-order valence-corrected chi connectivity index (χ1v) is 8.89. The number of carbonyl (C=O) groups excluding carboxylic acids is 1. The van der Waals surface area contributed by atoms with Gasteiger partial charge in [0, 0.05) is 16.1 Å². The van der Waals surface area contributed by atoms with Crippen LogP contribution in [0.3, 0.4) is 0 Å². The Bertz CT molecular complexity index is 1060. The summed E-state index contributed by atoms with van der Waals surface area (Å²) in [7, 11) is 0. The summed E-state index contributed by atoms with van der Waals surface area (Å²) in [4.78, 5) is 12.7. The minimum atomic E-state index is -0.234. The highest BCUT2D eigenvalue weighted by atomic mass is 79.9. The van der Waals surface area contributed by atoms with E-state index in [0.717, 1.165) is 10.0 Å². The molecule has 0 fully saturated rings. The molecule has 27 heavy (non-hydrogen) atoms. The van der Waals surface area contributed by atoms with Crippen LogP contribution in [-0.2, 0) is 6.54 Å². The van der Waals surface area contributed by atoms with E-state index in [4.69, 9.17) is 0 Å². The fourth-order valence-corrected chi connectivity index (χ4v) is 2.85. The van der Waals surface area contributed by atoms with Crippen LogP contribution in [0.2, 0.25) is 0 Å². The van der Waals surface area contributed by atoms with Crippen LogP contribution in [0, 0.1) is 0 Å². The van der Waals surface area contributed by atoms with E-state index < -0.39 is 0 Å². The van der Waals surface area contributed by atoms with E-state index in [1.165, 1.54) is 11.0 Å². The van der Waals surface area contributed by atoms with Gasteiger partial charge in [0.1, 0.15) is 12.1 Å². The van der Waals surface area contributed by atoms with Crippen molar-refractivity contribution >= 4 is 27.7 Å². The number of nitrogens with one attached hydrogen (secondary N) is 1. The van der Waals surface area contributed by atoms with E-state index >= 15 is 0 Å². The summed E-state index contributed by atoms with van der Waals surface area (Å²) < 4.78 is 4.25. The molecule has 2 aromatic heterocycles. The number of carbonyl (C=O) groups is 1. The van der Waals surface area contributed by atoms with Crippen LogP contribution in [0.1, 0.15) is 15.9 Å². The van der Waals surface area contributed by atoms with E-state index in [1.54, 1.807) is 35.1 Å². The average molecular weight is 424 g/mol. The molecule has 4 aromatic rings. The summed E-state index contributed by atoms with van der Waals surface area (Å²) in [6.07, 6.45) is 3.14. The van der Waals surface area contributed by atoms with Gasteiger partial charge < -0.3 is 5.32 Å². The number of nitrogens with zero attached hydrogens (tertiary/aromatic N) is 6. The SMILES string of the molecule is O=C(Nc1ccnn1Cc1ccc(Br)cc1)c1cccc(-n2cnnn2)c1. The molecule has 0 radical (unpaired) electrons. The minimum Gasteiger partial charge on any atom is -0.307 e. The molecule has 8 nitrogen and oxygen atoms in total. The summed E-state index contributed by atoms with van der Waals surface area (Å²) >= 11 is 3.42. The van der Waals surface area contributed by atoms with Gasteiger partial charge in [0.2, 0.25) is 0 Å². The second kappa shape index (κ2) is 7.50. The maximum absolute atomic E-state index is 12.7. The first-order chi connectivity index (χ1) is 13.2. The van der Waals surface area contributed by atoms with Crippen LogP contribution in [0.15, 0.2) is 71.6 Å². The Hall–Kier alpha value is -3.33. The molecular weight excluding hydrogens is 410 g/mol. The van der Waals surface area contributed by atoms with Gasteiger partial charge in [-0.2, -0.15) is 5.10 Å². The molecule has 134 valence electrons. The zero-order valence-corrected chi connectivity index (χ0v) is 15.6. The lowest BCUT2D eigenvalue weighted by atomic mass is 10.2. The monoisotopic (exact) mass is 423 g/mol. The lowest BCUT2D eigenvalue weighted by Crippen LogP contribution is -2.16. The third-order valence-corrected chi connectivity index (χ3v) is 4.45. The standard InChI is InChI=1S/C18H14BrN7O/c19-15-6-4-13(5-7-15)11-25-17(8-9-21-25)22-18(27)14-2-1-3-16(10-14)26-12-20-23-24-26/h1-10,12H,11H2,(H,22,27). The van der Waals surface area contributed by atoms with Crippen molar-refractivity contribution in [2.45, 2.75) is 6.54 Å². The average Bonchev–Trinajstić information content (AvgIpc) is 3.36. The van der Waals surface area contributed by atoms with Crippen LogP contribution in [0.4, 0.5) is 5.82 Å². The quantitative estimate of drug-likeness (QED) is 0.532. The zero-order chi connectivity index (χ0) is 18.6. The van der Waals surface area contributed by atoms with Gasteiger partial charge in [0.15, 0.2) is 0 Å². The Morgan fingerprint density at radius 2 is 1.96 bits per heavy atom. The molecule has 1 amide bonds. The molecule has 0 bridgehead atoms. The molecule has 2 aromatic carbocycles. The molecular formula is C18H14BrN7O. The Morgan fingerprint density at radius 1 is 1.11 bits per heavy atom. The van der Waals surface area contributed by atoms with Crippen LogP contribution in [0.25, 0.3) is 5.69 Å². The number of rotatable bonds is 5. The summed E-state index contributed by atoms with van der Waals surface area (Å²) in [5.74, 6) is 0.387. The highest BCUT2D eigenvalue weighted by Gasteiger charge is 2.11. The maximum Gasteiger partial charge on any atom is 0.256 e. The fraction of sp³-hybridized carbons (Fsp3) is 0.0556. The molecule has 0 aliphatic rings. The predicted molar refractivity (Wildman–Crippen MR) is 103 cm³/mol. The van der Waals surface area contributed by atoms with E-state index in [9.17, 15) is 4.79 Å². The summed E-state index contributed by atoms with van der Waals surface area (Å²) in [6.45, 7) is 0.556. The smallest absolute Gasteiger partial charge is 0.256 e. The molecule has 0 unspecified atom stereocenters. The molecule has 9 heteroatoms. The Balaban J connectivity index is 1.51. The van der Waals surface area contributed by atoms with E-state index in [-0.39, 0.29) is 5.91 Å². The summed E-state index contributed by atoms with van der Waals surface area (Å²) in [6, 6.07) is 16.8. The van der Waals surface area contributed by atoms with Crippen LogP contribution in [-0.4, -0.2) is 35.9 Å². The Morgan fingerprint density at radius 3 is 2.74 bits per heavy atom. The van der Waals surface area contributed by atoms with E-state index in [2.05, 4.69) is 41.9 Å². The molecule has 0 atom stereocenters. The van der Waals surface area contributed by atoms with Gasteiger partial charge in [0.05, 0.1) is 18.4 Å². The molecule has 0 aliphatic heterocycles. The molecule has 0 saturated heterocycles. The van der Waals surface area contributed by atoms with Gasteiger partial charge in [0.25, 0.3) is 5.91 Å². The van der Waals surface area contributed by atoms with Crippen LogP contribution < -0.4 is 5.32 Å². The van der Waals surface area contributed by atoms with Gasteiger partial charge in [-0.15, -0.1) is 5.10 Å². The largest absolute Gasteiger partial charge is 0.307 e. The number of hydrogen-bond donors (Lipinski definition) is 1. The molecule has 0 saturated carbocycles. The Labute approximate surface area is 163 Å². The van der Waals surface area contributed by atoms with Crippen molar-refractivity contribution in [1.29, 1.82) is 0 Å². The highest BCUT2D eigenvalue weighted by Crippen LogP contribution is 2.16. The number of amides is 1. The number of tetrazole rings is 1. The number of aromatic nitrogens is 6. The molecule has 0 spiro atoms. The normalized spacial score (nSPS) is 10.7. The third kappa shape index (κ3) is 3.93. The predicted octanol–water partition coefficient (Wildman–Crippen LogP) is 2.92. The summed E-state index contributed by atoms with van der Waals surface area (Å²) in [5.41, 5.74) is 2.29. The minimum absolute atomic E-state index is 0.234. The maximum atomic E-state index is 12.7. The topological polar surface area (TPSA) is 90.5 Å². The van der Waals surface area contributed by atoms with Crippen molar-refractivity contribution < 1.29 is 4.79 Å². The number of hydrogen-bond acceptors (Lipinski definition) is 5. The lowest BCUT2D eigenvalue weighted by molar-refractivity contribution is 0.102. The first-order valence-electron chi connectivity index (χ1n) is 8.10. The van der Waals surface area contributed by atoms with Gasteiger partial charge in [-0.25, -0.2) is 9.36 Å². The number of anilines is 1. The second-order valence-electron chi connectivity index (χ2n) is 5.76. The summed E-state index contributed by atoms with van der Waals surface area (Å²) in [5, 5.41) is 18.3. The molecule has 1 N–H and O–H groups in total. The van der Waals surface area contributed by atoms with E-state index in [1.807, 2.05) is 30.3 Å². The molecule has 4 rings (SSSR count). The Kier molecular flexibility index (Phi) is 4.75. The fourth-order valence-electron chi connectivity index (χ4n) is 2.59.